The highest BCUT2D eigenvalue weighted by atomic mass is 16.4. The Bertz CT molecular complexity index is 583. The SMILES string of the molecule is O=C(O)C1(c2ccc3ocnc3c2O)CC1. The van der Waals surface area contributed by atoms with Gasteiger partial charge in [-0.15, -0.1) is 0 Å². The maximum absolute atomic E-state index is 11.2. The molecule has 1 heterocycles. The second-order valence-corrected chi connectivity index (χ2v) is 4.05. The van der Waals surface area contributed by atoms with Gasteiger partial charge in [-0.05, 0) is 18.9 Å². The molecule has 0 saturated heterocycles. The monoisotopic (exact) mass is 219 g/mol. The molecule has 1 saturated carbocycles. The van der Waals surface area contributed by atoms with Crippen molar-refractivity contribution >= 4 is 17.1 Å². The third kappa shape index (κ3) is 0.997. The molecule has 1 aromatic carbocycles. The van der Waals surface area contributed by atoms with Crippen LogP contribution in [0, 0.1) is 0 Å². The minimum Gasteiger partial charge on any atom is -0.505 e. The molecule has 1 aliphatic rings. The highest BCUT2D eigenvalue weighted by molar-refractivity contribution is 5.90. The summed E-state index contributed by atoms with van der Waals surface area (Å²) in [6.07, 6.45) is 2.34. The van der Waals surface area contributed by atoms with Crippen molar-refractivity contribution in [1.82, 2.24) is 4.98 Å². The van der Waals surface area contributed by atoms with Gasteiger partial charge in [0.2, 0.25) is 0 Å². The first-order valence-corrected chi connectivity index (χ1v) is 4.94. The number of oxazole rings is 1. The quantitative estimate of drug-likeness (QED) is 0.802. The molecule has 0 amide bonds. The number of hydrogen-bond acceptors (Lipinski definition) is 4. The largest absolute Gasteiger partial charge is 0.505 e. The van der Waals surface area contributed by atoms with E-state index in [1.165, 1.54) is 6.39 Å². The van der Waals surface area contributed by atoms with E-state index in [1.807, 2.05) is 0 Å². The Morgan fingerprint density at radius 3 is 2.81 bits per heavy atom. The third-order valence-corrected chi connectivity index (χ3v) is 3.15. The first-order chi connectivity index (χ1) is 7.65. The van der Waals surface area contributed by atoms with E-state index in [9.17, 15) is 9.90 Å². The standard InChI is InChI=1S/C11H9NO4/c13-9-6(11(3-4-11)10(14)15)1-2-7-8(9)12-5-16-7/h1-2,5,13H,3-4H2,(H,14,15). The van der Waals surface area contributed by atoms with Gasteiger partial charge in [0.25, 0.3) is 0 Å². The summed E-state index contributed by atoms with van der Waals surface area (Å²) < 4.78 is 5.03. The van der Waals surface area contributed by atoms with Crippen molar-refractivity contribution in [3.8, 4) is 5.75 Å². The lowest BCUT2D eigenvalue weighted by molar-refractivity contribution is -0.140. The summed E-state index contributed by atoms with van der Waals surface area (Å²) in [7, 11) is 0. The number of phenolic OH excluding ortho intramolecular Hbond substituents is 1. The zero-order valence-electron chi connectivity index (χ0n) is 8.30. The van der Waals surface area contributed by atoms with Crippen LogP contribution in [0.25, 0.3) is 11.1 Å². The fraction of sp³-hybridized carbons (Fsp3) is 0.273. The van der Waals surface area contributed by atoms with Crippen LogP contribution in [0.1, 0.15) is 18.4 Å². The fourth-order valence-corrected chi connectivity index (χ4v) is 2.03. The number of aliphatic carboxylic acids is 1. The van der Waals surface area contributed by atoms with E-state index in [-0.39, 0.29) is 5.75 Å². The summed E-state index contributed by atoms with van der Waals surface area (Å²) >= 11 is 0. The highest BCUT2D eigenvalue weighted by Gasteiger charge is 2.53. The molecule has 2 aromatic rings. The van der Waals surface area contributed by atoms with Gasteiger partial charge in [0.05, 0.1) is 5.41 Å². The van der Waals surface area contributed by atoms with E-state index in [2.05, 4.69) is 4.98 Å². The van der Waals surface area contributed by atoms with E-state index < -0.39 is 11.4 Å². The molecule has 0 unspecified atom stereocenters. The highest BCUT2D eigenvalue weighted by Crippen LogP contribution is 2.52. The molecule has 0 radical (unpaired) electrons. The molecule has 1 aromatic heterocycles. The van der Waals surface area contributed by atoms with E-state index in [0.29, 0.717) is 29.5 Å². The number of aromatic hydroxyl groups is 1. The number of carboxylic acid groups (broad SMARTS) is 1. The van der Waals surface area contributed by atoms with Crippen LogP contribution in [-0.2, 0) is 10.2 Å². The van der Waals surface area contributed by atoms with Crippen molar-refractivity contribution in [2.24, 2.45) is 0 Å². The lowest BCUT2D eigenvalue weighted by Gasteiger charge is -2.11. The summed E-state index contributed by atoms with van der Waals surface area (Å²) in [5, 5.41) is 19.1. The number of carbonyl (C=O) groups is 1. The number of aromatic nitrogens is 1. The van der Waals surface area contributed by atoms with Gasteiger partial charge in [0.15, 0.2) is 17.5 Å². The average molecular weight is 219 g/mol. The Morgan fingerprint density at radius 2 is 2.19 bits per heavy atom. The lowest BCUT2D eigenvalue weighted by Crippen LogP contribution is -2.19. The summed E-state index contributed by atoms with van der Waals surface area (Å²) in [5.41, 5.74) is 0.297. The van der Waals surface area contributed by atoms with Crippen molar-refractivity contribution < 1.29 is 19.4 Å². The number of phenols is 1. The van der Waals surface area contributed by atoms with E-state index in [4.69, 9.17) is 9.52 Å². The number of hydrogen-bond donors (Lipinski definition) is 2. The molecule has 0 atom stereocenters. The van der Waals surface area contributed by atoms with Gasteiger partial charge < -0.3 is 14.6 Å². The topological polar surface area (TPSA) is 83.6 Å². The molecule has 5 nitrogen and oxygen atoms in total. The first kappa shape index (κ1) is 9.21. The van der Waals surface area contributed by atoms with Gasteiger partial charge >= 0.3 is 5.97 Å². The fourth-order valence-electron chi connectivity index (χ4n) is 2.03. The molecule has 1 aliphatic carbocycles. The van der Waals surface area contributed by atoms with Gasteiger partial charge in [-0.25, -0.2) is 4.98 Å². The molecule has 2 N–H and O–H groups in total. The molecule has 1 fully saturated rings. The van der Waals surface area contributed by atoms with Crippen LogP contribution in [0.2, 0.25) is 0 Å². The molecule has 3 rings (SSSR count). The van der Waals surface area contributed by atoms with Gasteiger partial charge in [-0.3, -0.25) is 4.79 Å². The van der Waals surface area contributed by atoms with Crippen molar-refractivity contribution in [1.29, 1.82) is 0 Å². The van der Waals surface area contributed by atoms with Crippen molar-refractivity contribution in [2.75, 3.05) is 0 Å². The number of benzene rings is 1. The van der Waals surface area contributed by atoms with Gasteiger partial charge in [0.1, 0.15) is 5.75 Å². The predicted molar refractivity (Wildman–Crippen MR) is 54.2 cm³/mol. The molecular weight excluding hydrogens is 210 g/mol. The van der Waals surface area contributed by atoms with Crippen molar-refractivity contribution in [3.63, 3.8) is 0 Å². The lowest BCUT2D eigenvalue weighted by atomic mass is 9.95. The zero-order chi connectivity index (χ0) is 11.3. The Hall–Kier alpha value is -2.04. The van der Waals surface area contributed by atoms with Crippen LogP contribution < -0.4 is 0 Å². The zero-order valence-corrected chi connectivity index (χ0v) is 8.30. The molecule has 0 spiro atoms. The minimum atomic E-state index is -0.919. The van der Waals surface area contributed by atoms with Crippen LogP contribution in [0.4, 0.5) is 0 Å². The number of fused-ring (bicyclic) bond motifs is 1. The minimum absolute atomic E-state index is 0.0776. The molecule has 16 heavy (non-hydrogen) atoms. The predicted octanol–water partition coefficient (Wildman–Crippen LogP) is 1.65. The van der Waals surface area contributed by atoms with Crippen LogP contribution in [0.5, 0.6) is 5.75 Å². The van der Waals surface area contributed by atoms with Gasteiger partial charge in [-0.1, -0.05) is 6.07 Å². The number of rotatable bonds is 2. The molecule has 0 bridgehead atoms. The van der Waals surface area contributed by atoms with Crippen LogP contribution >= 0.6 is 0 Å². The normalized spacial score (nSPS) is 17.5. The molecule has 5 heteroatoms. The first-order valence-electron chi connectivity index (χ1n) is 4.94. The van der Waals surface area contributed by atoms with Gasteiger partial charge in [-0.2, -0.15) is 0 Å². The van der Waals surface area contributed by atoms with Crippen LogP contribution in [0.15, 0.2) is 22.9 Å². The maximum atomic E-state index is 11.2. The third-order valence-electron chi connectivity index (χ3n) is 3.15. The Labute approximate surface area is 90.3 Å². The Morgan fingerprint density at radius 1 is 1.44 bits per heavy atom. The van der Waals surface area contributed by atoms with E-state index in [1.54, 1.807) is 12.1 Å². The Kier molecular flexibility index (Phi) is 1.58. The Balaban J connectivity index is 2.25. The summed E-state index contributed by atoms with van der Waals surface area (Å²) in [6, 6.07) is 3.24. The molecule has 82 valence electrons. The second kappa shape index (κ2) is 2.75. The van der Waals surface area contributed by atoms with Crippen molar-refractivity contribution in [2.45, 2.75) is 18.3 Å². The summed E-state index contributed by atoms with van der Waals surface area (Å²) in [4.78, 5) is 15.0. The molecule has 0 aliphatic heterocycles. The maximum Gasteiger partial charge on any atom is 0.314 e. The average Bonchev–Trinajstić information content (AvgIpc) is 2.90. The number of nitrogens with zero attached hydrogens (tertiary/aromatic N) is 1. The van der Waals surface area contributed by atoms with Crippen molar-refractivity contribution in [3.05, 3.63) is 24.1 Å². The van der Waals surface area contributed by atoms with E-state index >= 15 is 0 Å². The van der Waals surface area contributed by atoms with E-state index in [0.717, 1.165) is 0 Å². The molecular formula is C11H9NO4. The van der Waals surface area contributed by atoms with Gasteiger partial charge in [0, 0.05) is 5.56 Å². The summed E-state index contributed by atoms with van der Waals surface area (Å²) in [5.74, 6) is -0.975. The summed E-state index contributed by atoms with van der Waals surface area (Å²) in [6.45, 7) is 0. The van der Waals surface area contributed by atoms with Crippen LogP contribution in [-0.4, -0.2) is 21.2 Å². The number of carboxylic acids is 1. The smallest absolute Gasteiger partial charge is 0.314 e. The van der Waals surface area contributed by atoms with Crippen LogP contribution in [0.3, 0.4) is 0 Å². The second-order valence-electron chi connectivity index (χ2n) is 4.05.